The van der Waals surface area contributed by atoms with Crippen molar-refractivity contribution in [2.75, 3.05) is 13.2 Å². The number of hydrogen-bond donors (Lipinski definition) is 2. The Morgan fingerprint density at radius 3 is 2.57 bits per heavy atom. The van der Waals surface area contributed by atoms with Crippen LogP contribution in [-0.4, -0.2) is 46.3 Å². The van der Waals surface area contributed by atoms with E-state index in [1.165, 1.54) is 29.8 Å². The van der Waals surface area contributed by atoms with Crippen molar-refractivity contribution >= 4 is 11.8 Å². The highest BCUT2D eigenvalue weighted by molar-refractivity contribution is 5.89. The van der Waals surface area contributed by atoms with Crippen LogP contribution in [0.15, 0.2) is 42.5 Å². The van der Waals surface area contributed by atoms with E-state index in [-0.39, 0.29) is 24.9 Å². The number of hydrogen-bond acceptors (Lipinski definition) is 5. The third kappa shape index (κ3) is 6.98. The van der Waals surface area contributed by atoms with Gasteiger partial charge in [-0.15, -0.1) is 0 Å². The molecular formula is C29H37NO5. The summed E-state index contributed by atoms with van der Waals surface area (Å²) >= 11 is 0. The molecule has 2 atom stereocenters. The van der Waals surface area contributed by atoms with E-state index in [0.717, 1.165) is 38.5 Å². The number of benzene rings is 1. The standard InChI is InChI=1S/C29H37NO5/c31-19-26(21-6-2-1-3-7-21)28(32)18-23(29(33)34)14-15-35-25-16-20(17-25)10-12-24-13-11-22-8-4-5-9-27(22)30-24/h1-3,6-7,11,13,20,23,25-26,31H,4-5,8-10,12,14-19H2,(H,33,34). The Hall–Kier alpha value is -2.57. The van der Waals surface area contributed by atoms with Gasteiger partial charge < -0.3 is 14.9 Å². The van der Waals surface area contributed by atoms with Gasteiger partial charge in [0.05, 0.1) is 24.5 Å². The van der Waals surface area contributed by atoms with Crippen LogP contribution >= 0.6 is 0 Å². The summed E-state index contributed by atoms with van der Waals surface area (Å²) in [6.07, 6.45) is 9.29. The first kappa shape index (κ1) is 25.5. The van der Waals surface area contributed by atoms with Crippen LogP contribution in [0.4, 0.5) is 0 Å². The molecule has 2 unspecified atom stereocenters. The zero-order valence-electron chi connectivity index (χ0n) is 20.4. The number of ketones is 1. The summed E-state index contributed by atoms with van der Waals surface area (Å²) in [4.78, 5) is 29.3. The third-order valence-corrected chi connectivity index (χ3v) is 7.63. The molecule has 1 heterocycles. The van der Waals surface area contributed by atoms with Crippen LogP contribution in [0.2, 0.25) is 0 Å². The van der Waals surface area contributed by atoms with Crippen LogP contribution in [0.3, 0.4) is 0 Å². The molecule has 1 aromatic carbocycles. The number of aliphatic hydroxyl groups is 1. The smallest absolute Gasteiger partial charge is 0.307 e. The number of aliphatic hydroxyl groups excluding tert-OH is 1. The topological polar surface area (TPSA) is 96.7 Å². The number of aliphatic carboxylic acids is 1. The number of pyridine rings is 1. The lowest BCUT2D eigenvalue weighted by Gasteiger charge is -2.35. The van der Waals surface area contributed by atoms with E-state index in [4.69, 9.17) is 9.72 Å². The number of rotatable bonds is 13. The Morgan fingerprint density at radius 2 is 1.83 bits per heavy atom. The molecule has 2 aliphatic carbocycles. The lowest BCUT2D eigenvalue weighted by Crippen LogP contribution is -2.33. The summed E-state index contributed by atoms with van der Waals surface area (Å²) in [5, 5.41) is 19.3. The minimum absolute atomic E-state index is 0.0973. The van der Waals surface area contributed by atoms with E-state index >= 15 is 0 Å². The van der Waals surface area contributed by atoms with Gasteiger partial charge in [-0.05, 0) is 80.9 Å². The molecule has 1 saturated carbocycles. The average Bonchev–Trinajstić information content (AvgIpc) is 2.85. The zero-order valence-corrected chi connectivity index (χ0v) is 20.4. The lowest BCUT2D eigenvalue weighted by atomic mass is 9.79. The first-order chi connectivity index (χ1) is 17.0. The van der Waals surface area contributed by atoms with E-state index in [1.807, 2.05) is 18.2 Å². The highest BCUT2D eigenvalue weighted by Gasteiger charge is 2.31. The van der Waals surface area contributed by atoms with E-state index in [1.54, 1.807) is 12.1 Å². The number of nitrogens with zero attached hydrogens (tertiary/aromatic N) is 1. The van der Waals surface area contributed by atoms with Gasteiger partial charge in [0.2, 0.25) is 0 Å². The Morgan fingerprint density at radius 1 is 1.06 bits per heavy atom. The van der Waals surface area contributed by atoms with Gasteiger partial charge in [-0.25, -0.2) is 0 Å². The van der Waals surface area contributed by atoms with Gasteiger partial charge in [0.1, 0.15) is 5.78 Å². The fourth-order valence-corrected chi connectivity index (χ4v) is 5.32. The summed E-state index contributed by atoms with van der Waals surface area (Å²) in [5.74, 6) is -2.09. The molecular weight excluding hydrogens is 442 g/mol. The molecule has 2 aromatic rings. The van der Waals surface area contributed by atoms with Gasteiger partial charge in [-0.3, -0.25) is 14.6 Å². The van der Waals surface area contributed by atoms with E-state index in [0.29, 0.717) is 24.5 Å². The number of carboxylic acids is 1. The van der Waals surface area contributed by atoms with Gasteiger partial charge in [-0.2, -0.15) is 0 Å². The first-order valence-corrected chi connectivity index (χ1v) is 13.0. The highest BCUT2D eigenvalue weighted by atomic mass is 16.5. The van der Waals surface area contributed by atoms with Crippen molar-refractivity contribution in [2.45, 2.75) is 76.2 Å². The maximum Gasteiger partial charge on any atom is 0.307 e. The van der Waals surface area contributed by atoms with Gasteiger partial charge in [0, 0.05) is 24.4 Å². The monoisotopic (exact) mass is 479 g/mol. The van der Waals surface area contributed by atoms with E-state index < -0.39 is 17.8 Å². The number of carbonyl (C=O) groups is 2. The fraction of sp³-hybridized carbons (Fsp3) is 0.552. The maximum absolute atomic E-state index is 12.7. The average molecular weight is 480 g/mol. The van der Waals surface area contributed by atoms with Crippen LogP contribution in [-0.2, 0) is 33.6 Å². The lowest BCUT2D eigenvalue weighted by molar-refractivity contribution is -0.145. The number of ether oxygens (including phenoxy) is 1. The van der Waals surface area contributed by atoms with Crippen molar-refractivity contribution in [1.82, 2.24) is 4.98 Å². The molecule has 35 heavy (non-hydrogen) atoms. The normalized spacial score (nSPS) is 20.9. The van der Waals surface area contributed by atoms with Crippen molar-refractivity contribution in [3.05, 3.63) is 65.0 Å². The summed E-state index contributed by atoms with van der Waals surface area (Å²) in [6.45, 7) is 0.0132. The Labute approximate surface area is 207 Å². The molecule has 2 aliphatic rings. The Balaban J connectivity index is 1.15. The summed E-state index contributed by atoms with van der Waals surface area (Å²) in [7, 11) is 0. The van der Waals surface area contributed by atoms with Crippen molar-refractivity contribution in [3.63, 3.8) is 0 Å². The minimum atomic E-state index is -0.990. The van der Waals surface area contributed by atoms with Gasteiger partial charge in [0.15, 0.2) is 0 Å². The molecule has 0 radical (unpaired) electrons. The van der Waals surface area contributed by atoms with Crippen LogP contribution < -0.4 is 0 Å². The number of aryl methyl sites for hydroxylation is 3. The second-order valence-electron chi connectivity index (χ2n) is 10.1. The van der Waals surface area contributed by atoms with Crippen molar-refractivity contribution in [1.29, 1.82) is 0 Å². The second kappa shape index (κ2) is 12.4. The number of aromatic nitrogens is 1. The molecule has 0 amide bonds. The highest BCUT2D eigenvalue weighted by Crippen LogP contribution is 2.34. The first-order valence-electron chi connectivity index (χ1n) is 13.0. The van der Waals surface area contributed by atoms with Crippen LogP contribution in [0.5, 0.6) is 0 Å². The van der Waals surface area contributed by atoms with Gasteiger partial charge in [-0.1, -0.05) is 36.4 Å². The van der Waals surface area contributed by atoms with Gasteiger partial charge >= 0.3 is 5.97 Å². The Bertz CT molecular complexity index is 986. The number of carboxylic acid groups (broad SMARTS) is 1. The molecule has 0 saturated heterocycles. The molecule has 0 bridgehead atoms. The predicted octanol–water partition coefficient (Wildman–Crippen LogP) is 4.51. The van der Waals surface area contributed by atoms with Crippen LogP contribution in [0.25, 0.3) is 0 Å². The summed E-state index contributed by atoms with van der Waals surface area (Å²) in [5.41, 5.74) is 4.63. The molecule has 0 spiro atoms. The molecule has 1 aromatic heterocycles. The summed E-state index contributed by atoms with van der Waals surface area (Å²) < 4.78 is 5.93. The molecule has 4 rings (SSSR count). The molecule has 6 heteroatoms. The maximum atomic E-state index is 12.7. The molecule has 6 nitrogen and oxygen atoms in total. The summed E-state index contributed by atoms with van der Waals surface area (Å²) in [6, 6.07) is 13.5. The largest absolute Gasteiger partial charge is 0.481 e. The fourth-order valence-electron chi connectivity index (χ4n) is 5.32. The number of carbonyl (C=O) groups excluding carboxylic acids is 1. The molecule has 188 valence electrons. The number of fused-ring (bicyclic) bond motifs is 1. The van der Waals surface area contributed by atoms with Crippen LogP contribution in [0, 0.1) is 11.8 Å². The zero-order chi connectivity index (χ0) is 24.6. The molecule has 0 aliphatic heterocycles. The van der Waals surface area contributed by atoms with Crippen LogP contribution in [0.1, 0.15) is 73.4 Å². The van der Waals surface area contributed by atoms with Crippen molar-refractivity contribution < 1.29 is 24.5 Å². The van der Waals surface area contributed by atoms with Crippen molar-refractivity contribution in [3.8, 4) is 0 Å². The third-order valence-electron chi connectivity index (χ3n) is 7.63. The predicted molar refractivity (Wildman–Crippen MR) is 133 cm³/mol. The van der Waals surface area contributed by atoms with E-state index in [9.17, 15) is 19.8 Å². The van der Waals surface area contributed by atoms with E-state index in [2.05, 4.69) is 12.1 Å². The molecule has 2 N–H and O–H groups in total. The van der Waals surface area contributed by atoms with Gasteiger partial charge in [0.25, 0.3) is 0 Å². The van der Waals surface area contributed by atoms with Crippen molar-refractivity contribution in [2.24, 2.45) is 11.8 Å². The Kier molecular flexibility index (Phi) is 9.05. The minimum Gasteiger partial charge on any atom is -0.481 e. The quantitative estimate of drug-likeness (QED) is 0.439. The second-order valence-corrected chi connectivity index (χ2v) is 10.1. The molecule has 1 fully saturated rings. The SMILES string of the molecule is O=C(O)C(CCOC1CC(CCc2ccc3c(n2)CCCC3)C1)CC(=O)C(CO)c1ccccc1. The number of Topliss-reactive ketones (excluding diaryl/α,β-unsaturated/α-hetero) is 1.